The molecule has 164 valence electrons. The first-order valence-electron chi connectivity index (χ1n) is 10.1. The molecule has 1 amide bonds. The summed E-state index contributed by atoms with van der Waals surface area (Å²) in [5.74, 6) is 1.64. The quantitative estimate of drug-likeness (QED) is 0.203. The van der Waals surface area contributed by atoms with Crippen LogP contribution in [0.2, 0.25) is 0 Å². The van der Waals surface area contributed by atoms with Crippen molar-refractivity contribution >= 4 is 35.8 Å². The molecule has 0 spiro atoms. The summed E-state index contributed by atoms with van der Waals surface area (Å²) in [4.78, 5) is 16.3. The van der Waals surface area contributed by atoms with Crippen molar-refractivity contribution in [3.8, 4) is 5.75 Å². The van der Waals surface area contributed by atoms with Crippen molar-refractivity contribution in [1.82, 2.24) is 16.0 Å². The zero-order valence-electron chi connectivity index (χ0n) is 17.9. The Labute approximate surface area is 191 Å². The second-order valence-electron chi connectivity index (χ2n) is 7.28. The number of hydrogen-bond acceptors (Lipinski definition) is 4. The van der Waals surface area contributed by atoms with E-state index in [1.807, 2.05) is 20.8 Å². The molecule has 0 saturated carbocycles. The van der Waals surface area contributed by atoms with Crippen molar-refractivity contribution in [2.75, 3.05) is 32.8 Å². The minimum Gasteiger partial charge on any atom is -0.488 e. The average molecular weight is 518 g/mol. The second-order valence-corrected chi connectivity index (χ2v) is 7.28. The fourth-order valence-electron chi connectivity index (χ4n) is 2.76. The third kappa shape index (κ3) is 9.20. The number of halogens is 1. The van der Waals surface area contributed by atoms with Gasteiger partial charge in [-0.15, -0.1) is 24.0 Å². The third-order valence-corrected chi connectivity index (χ3v) is 4.40. The number of benzene rings is 1. The average Bonchev–Trinajstić information content (AvgIpc) is 3.17. The lowest BCUT2D eigenvalue weighted by molar-refractivity contribution is -0.123. The first-order valence-corrected chi connectivity index (χ1v) is 10.1. The number of ether oxygens (including phenoxy) is 2. The number of nitrogens with one attached hydrogen (secondary N) is 3. The first-order chi connectivity index (χ1) is 13.5. The Hall–Kier alpha value is -1.55. The summed E-state index contributed by atoms with van der Waals surface area (Å²) < 4.78 is 11.6. The molecule has 0 bridgehead atoms. The summed E-state index contributed by atoms with van der Waals surface area (Å²) in [5.41, 5.74) is 2.20. The van der Waals surface area contributed by atoms with E-state index in [2.05, 4.69) is 46.1 Å². The molecular weight excluding hydrogens is 483 g/mol. The molecule has 2 rings (SSSR count). The number of hydrogen-bond donors (Lipinski definition) is 3. The van der Waals surface area contributed by atoms with E-state index in [4.69, 9.17) is 9.47 Å². The number of carbonyl (C=O) groups excluding carboxylic acids is 1. The molecule has 1 aromatic rings. The van der Waals surface area contributed by atoms with Crippen molar-refractivity contribution in [2.24, 2.45) is 10.9 Å². The normalized spacial score (nSPS) is 16.3. The fraction of sp³-hybridized carbons (Fsp3) is 0.619. The zero-order chi connectivity index (χ0) is 20.4. The van der Waals surface area contributed by atoms with Crippen LogP contribution in [0.5, 0.6) is 5.75 Å². The monoisotopic (exact) mass is 518 g/mol. The van der Waals surface area contributed by atoms with E-state index >= 15 is 0 Å². The number of aliphatic imine (C=N–C) groups is 1. The number of guanidine groups is 1. The second kappa shape index (κ2) is 13.6. The van der Waals surface area contributed by atoms with Gasteiger partial charge in [0.15, 0.2) is 5.96 Å². The molecule has 29 heavy (non-hydrogen) atoms. The predicted octanol–water partition coefficient (Wildman–Crippen LogP) is 2.61. The van der Waals surface area contributed by atoms with Crippen molar-refractivity contribution in [1.29, 1.82) is 0 Å². The van der Waals surface area contributed by atoms with Crippen LogP contribution < -0.4 is 20.7 Å². The van der Waals surface area contributed by atoms with Crippen LogP contribution in [0.25, 0.3) is 0 Å². The summed E-state index contributed by atoms with van der Waals surface area (Å²) in [5, 5.41) is 9.38. The molecule has 1 atom stereocenters. The lowest BCUT2D eigenvalue weighted by Crippen LogP contribution is -2.42. The van der Waals surface area contributed by atoms with Crippen LogP contribution in [0.1, 0.15) is 38.3 Å². The van der Waals surface area contributed by atoms with Gasteiger partial charge < -0.3 is 25.4 Å². The van der Waals surface area contributed by atoms with Crippen LogP contribution in [0.3, 0.4) is 0 Å². The lowest BCUT2D eigenvalue weighted by atomic mass is 10.1. The van der Waals surface area contributed by atoms with Gasteiger partial charge in [-0.2, -0.15) is 0 Å². The van der Waals surface area contributed by atoms with Gasteiger partial charge in [0.1, 0.15) is 11.9 Å². The molecule has 8 heteroatoms. The molecule has 0 radical (unpaired) electrons. The van der Waals surface area contributed by atoms with Crippen LogP contribution >= 0.6 is 24.0 Å². The number of amides is 1. The van der Waals surface area contributed by atoms with Crippen molar-refractivity contribution in [3.63, 3.8) is 0 Å². The standard InChI is InChI=1S/C21H34N4O3.HI/c1-5-22-21(24-10-9-23-20(26)15(2)3)25-13-17-7-6-16(4)12-19(17)28-18-8-11-27-14-18;/h6-7,12,15,18H,5,8-11,13-14H2,1-4H3,(H,23,26)(H2,22,24,25);1H. The maximum absolute atomic E-state index is 11.6. The predicted molar refractivity (Wildman–Crippen MR) is 127 cm³/mol. The van der Waals surface area contributed by atoms with Gasteiger partial charge in [-0.25, -0.2) is 4.99 Å². The minimum atomic E-state index is -0.00729. The van der Waals surface area contributed by atoms with Gasteiger partial charge >= 0.3 is 0 Å². The fourth-order valence-corrected chi connectivity index (χ4v) is 2.76. The van der Waals surface area contributed by atoms with Crippen molar-refractivity contribution in [2.45, 2.75) is 46.8 Å². The van der Waals surface area contributed by atoms with Crippen molar-refractivity contribution in [3.05, 3.63) is 29.3 Å². The van der Waals surface area contributed by atoms with E-state index in [1.54, 1.807) is 0 Å². The molecule has 7 nitrogen and oxygen atoms in total. The molecule has 1 aliphatic heterocycles. The van der Waals surface area contributed by atoms with Crippen LogP contribution in [0, 0.1) is 12.8 Å². The molecule has 1 saturated heterocycles. The van der Waals surface area contributed by atoms with Crippen LogP contribution in [-0.2, 0) is 16.1 Å². The van der Waals surface area contributed by atoms with E-state index in [0.717, 1.165) is 42.4 Å². The van der Waals surface area contributed by atoms with Gasteiger partial charge in [0.2, 0.25) is 5.91 Å². The SMILES string of the molecule is CCNC(=NCc1ccc(C)cc1OC1CCOC1)NCCNC(=O)C(C)C.I. The Morgan fingerprint density at radius 2 is 2.03 bits per heavy atom. The lowest BCUT2D eigenvalue weighted by Gasteiger charge is -2.16. The summed E-state index contributed by atoms with van der Waals surface area (Å²) in [7, 11) is 0. The molecule has 1 unspecified atom stereocenters. The summed E-state index contributed by atoms with van der Waals surface area (Å²) in [6, 6.07) is 6.20. The molecule has 0 aliphatic carbocycles. The highest BCUT2D eigenvalue weighted by molar-refractivity contribution is 14.0. The largest absolute Gasteiger partial charge is 0.488 e. The zero-order valence-corrected chi connectivity index (χ0v) is 20.2. The summed E-state index contributed by atoms with van der Waals surface area (Å²) in [6.07, 6.45) is 1.03. The van der Waals surface area contributed by atoms with E-state index in [0.29, 0.717) is 26.2 Å². The number of rotatable bonds is 9. The smallest absolute Gasteiger partial charge is 0.222 e. The Bertz CT molecular complexity index is 661. The topological polar surface area (TPSA) is 84.0 Å². The molecule has 3 N–H and O–H groups in total. The summed E-state index contributed by atoms with van der Waals surface area (Å²) in [6.45, 7) is 11.7. The third-order valence-electron chi connectivity index (χ3n) is 4.40. The van der Waals surface area contributed by atoms with Gasteiger partial charge in [0.05, 0.1) is 19.8 Å². The highest BCUT2D eigenvalue weighted by Gasteiger charge is 2.18. The Balaban J connectivity index is 0.00000420. The highest BCUT2D eigenvalue weighted by Crippen LogP contribution is 2.24. The van der Waals surface area contributed by atoms with Gasteiger partial charge in [0, 0.05) is 37.5 Å². The van der Waals surface area contributed by atoms with Crippen LogP contribution in [0.4, 0.5) is 0 Å². The van der Waals surface area contributed by atoms with Gasteiger partial charge in [-0.3, -0.25) is 4.79 Å². The van der Waals surface area contributed by atoms with E-state index < -0.39 is 0 Å². The maximum Gasteiger partial charge on any atom is 0.222 e. The Morgan fingerprint density at radius 3 is 2.69 bits per heavy atom. The first kappa shape index (κ1) is 25.5. The van der Waals surface area contributed by atoms with E-state index in [9.17, 15) is 4.79 Å². The Kier molecular flexibility index (Phi) is 12.0. The maximum atomic E-state index is 11.6. The number of carbonyl (C=O) groups is 1. The molecular formula is C21H35IN4O3. The van der Waals surface area contributed by atoms with Crippen LogP contribution in [-0.4, -0.2) is 50.8 Å². The highest BCUT2D eigenvalue weighted by atomic mass is 127. The molecule has 1 aliphatic rings. The Morgan fingerprint density at radius 1 is 1.28 bits per heavy atom. The van der Waals surface area contributed by atoms with E-state index in [-0.39, 0.29) is 41.9 Å². The molecule has 1 heterocycles. The molecule has 0 aromatic heterocycles. The minimum absolute atomic E-state index is 0. The van der Waals surface area contributed by atoms with E-state index in [1.165, 1.54) is 0 Å². The number of aryl methyl sites for hydroxylation is 1. The van der Waals surface area contributed by atoms with Gasteiger partial charge in [0.25, 0.3) is 0 Å². The van der Waals surface area contributed by atoms with Gasteiger partial charge in [-0.1, -0.05) is 26.0 Å². The van der Waals surface area contributed by atoms with Gasteiger partial charge in [-0.05, 0) is 25.5 Å². The van der Waals surface area contributed by atoms with Crippen molar-refractivity contribution < 1.29 is 14.3 Å². The number of nitrogens with zero attached hydrogens (tertiary/aromatic N) is 1. The summed E-state index contributed by atoms with van der Waals surface area (Å²) >= 11 is 0. The molecule has 1 fully saturated rings. The molecule has 1 aromatic carbocycles. The van der Waals surface area contributed by atoms with Crippen LogP contribution in [0.15, 0.2) is 23.2 Å².